The third-order valence-electron chi connectivity index (χ3n) is 4.85. The van der Waals surface area contributed by atoms with E-state index < -0.39 is 17.4 Å². The summed E-state index contributed by atoms with van der Waals surface area (Å²) in [5, 5.41) is 12.4. The van der Waals surface area contributed by atoms with Crippen LogP contribution in [0.3, 0.4) is 0 Å². The lowest BCUT2D eigenvalue weighted by Gasteiger charge is -2.34. The van der Waals surface area contributed by atoms with Gasteiger partial charge in [0.05, 0.1) is 6.10 Å². The minimum absolute atomic E-state index is 0.102. The molecule has 25 heavy (non-hydrogen) atoms. The van der Waals surface area contributed by atoms with E-state index in [1.807, 2.05) is 17.5 Å². The molecule has 3 heterocycles. The lowest BCUT2D eigenvalue weighted by atomic mass is 9.90. The molecule has 1 saturated heterocycles. The molecule has 8 heteroatoms. The standard InChI is InChI=1S/C17H21N3O4S/c1-18-12(10-14(21)19(2)17(18)24)16(23)20-7-5-11(6-8-20)15(22)13-4-3-9-25-13/h3-4,9-11,15,22H,5-8H2,1-2H3/t15-/m0/s1. The van der Waals surface area contributed by atoms with Crippen LogP contribution in [0.25, 0.3) is 0 Å². The molecule has 2 aromatic rings. The van der Waals surface area contributed by atoms with Crippen LogP contribution >= 0.6 is 11.3 Å². The maximum Gasteiger partial charge on any atom is 0.331 e. The SMILES string of the molecule is Cn1c(C(=O)N2CCC([C@H](O)c3cccs3)CC2)cc(=O)n(C)c1=O. The predicted molar refractivity (Wildman–Crippen MR) is 94.8 cm³/mol. The van der Waals surface area contributed by atoms with Gasteiger partial charge in [0.1, 0.15) is 5.69 Å². The summed E-state index contributed by atoms with van der Waals surface area (Å²) < 4.78 is 2.18. The van der Waals surface area contributed by atoms with Crippen molar-refractivity contribution in [3.63, 3.8) is 0 Å². The van der Waals surface area contributed by atoms with Crippen molar-refractivity contribution in [2.75, 3.05) is 13.1 Å². The minimum Gasteiger partial charge on any atom is -0.387 e. The molecule has 1 fully saturated rings. The number of aliphatic hydroxyl groups is 1. The fourth-order valence-corrected chi connectivity index (χ4v) is 4.01. The first-order chi connectivity index (χ1) is 11.9. The summed E-state index contributed by atoms with van der Waals surface area (Å²) in [6.45, 7) is 0.991. The van der Waals surface area contributed by atoms with Crippen LogP contribution in [-0.2, 0) is 14.1 Å². The number of thiophene rings is 1. The van der Waals surface area contributed by atoms with Gasteiger partial charge in [0.25, 0.3) is 11.5 Å². The molecule has 1 atom stereocenters. The van der Waals surface area contributed by atoms with Crippen LogP contribution < -0.4 is 11.2 Å². The summed E-state index contributed by atoms with van der Waals surface area (Å²) in [5.74, 6) is -0.212. The van der Waals surface area contributed by atoms with Crippen molar-refractivity contribution >= 4 is 17.2 Å². The third kappa shape index (κ3) is 3.32. The molecule has 1 aliphatic heterocycles. The van der Waals surface area contributed by atoms with Crippen LogP contribution in [0.15, 0.2) is 33.2 Å². The number of aromatic nitrogens is 2. The Balaban J connectivity index is 1.72. The molecule has 0 radical (unpaired) electrons. The van der Waals surface area contributed by atoms with Gasteiger partial charge in [-0.2, -0.15) is 0 Å². The van der Waals surface area contributed by atoms with E-state index in [1.54, 1.807) is 4.90 Å². The van der Waals surface area contributed by atoms with Gasteiger partial charge >= 0.3 is 5.69 Å². The third-order valence-corrected chi connectivity index (χ3v) is 5.80. The van der Waals surface area contributed by atoms with Gasteiger partial charge in [-0.15, -0.1) is 11.3 Å². The molecule has 0 bridgehead atoms. The van der Waals surface area contributed by atoms with Crippen molar-refractivity contribution < 1.29 is 9.90 Å². The Morgan fingerprint density at radius 3 is 2.52 bits per heavy atom. The smallest absolute Gasteiger partial charge is 0.331 e. The van der Waals surface area contributed by atoms with E-state index in [0.29, 0.717) is 25.9 Å². The maximum absolute atomic E-state index is 12.7. The molecule has 2 aromatic heterocycles. The summed E-state index contributed by atoms with van der Waals surface area (Å²) in [4.78, 5) is 39.1. The second-order valence-corrected chi connectivity index (χ2v) is 7.34. The molecule has 7 nitrogen and oxygen atoms in total. The second kappa shape index (κ2) is 6.97. The number of likely N-dealkylation sites (tertiary alicyclic amines) is 1. The molecular weight excluding hydrogens is 342 g/mol. The molecule has 3 rings (SSSR count). The molecular formula is C17H21N3O4S. The largest absolute Gasteiger partial charge is 0.387 e. The van der Waals surface area contributed by atoms with Gasteiger partial charge in [-0.05, 0) is 30.2 Å². The summed E-state index contributed by atoms with van der Waals surface area (Å²) in [5.41, 5.74) is -0.904. The average Bonchev–Trinajstić information content (AvgIpc) is 3.16. The van der Waals surface area contributed by atoms with Crippen molar-refractivity contribution in [2.45, 2.75) is 18.9 Å². The fourth-order valence-electron chi connectivity index (χ4n) is 3.21. The van der Waals surface area contributed by atoms with E-state index in [4.69, 9.17) is 0 Å². The highest BCUT2D eigenvalue weighted by molar-refractivity contribution is 7.10. The molecule has 134 valence electrons. The summed E-state index contributed by atoms with van der Waals surface area (Å²) in [6, 6.07) is 5.04. The second-order valence-electron chi connectivity index (χ2n) is 6.36. The number of amides is 1. The molecule has 0 aliphatic carbocycles. The average molecular weight is 363 g/mol. The van der Waals surface area contributed by atoms with Gasteiger partial charge in [0.15, 0.2) is 0 Å². The predicted octanol–water partition coefficient (Wildman–Crippen LogP) is 0.731. The number of carbonyl (C=O) groups is 1. The Kier molecular flexibility index (Phi) is 4.91. The molecule has 1 aliphatic rings. The summed E-state index contributed by atoms with van der Waals surface area (Å²) >= 11 is 1.53. The highest BCUT2D eigenvalue weighted by Gasteiger charge is 2.30. The van der Waals surface area contributed by atoms with Gasteiger partial charge in [-0.25, -0.2) is 4.79 Å². The molecule has 1 N–H and O–H groups in total. The Hall–Kier alpha value is -2.19. The minimum atomic E-state index is -0.515. The molecule has 0 unspecified atom stereocenters. The zero-order valence-electron chi connectivity index (χ0n) is 14.2. The Morgan fingerprint density at radius 1 is 1.24 bits per heavy atom. The van der Waals surface area contributed by atoms with Crippen LogP contribution in [0.2, 0.25) is 0 Å². The van der Waals surface area contributed by atoms with Gasteiger partial charge in [-0.1, -0.05) is 6.07 Å². The molecule has 1 amide bonds. The quantitative estimate of drug-likeness (QED) is 0.871. The van der Waals surface area contributed by atoms with E-state index in [0.717, 1.165) is 9.44 Å². The van der Waals surface area contributed by atoms with E-state index in [1.165, 1.54) is 36.1 Å². The zero-order chi connectivity index (χ0) is 18.1. The number of rotatable bonds is 3. The van der Waals surface area contributed by atoms with Crippen molar-refractivity contribution in [2.24, 2.45) is 20.0 Å². The highest BCUT2D eigenvalue weighted by atomic mass is 32.1. The fraction of sp³-hybridized carbons (Fsp3) is 0.471. The molecule has 0 saturated carbocycles. The van der Waals surface area contributed by atoms with E-state index in [2.05, 4.69) is 0 Å². The van der Waals surface area contributed by atoms with Crippen molar-refractivity contribution in [1.29, 1.82) is 0 Å². The van der Waals surface area contributed by atoms with Crippen LogP contribution in [0.4, 0.5) is 0 Å². The van der Waals surface area contributed by atoms with Crippen molar-refractivity contribution in [3.05, 3.63) is 55.0 Å². The number of carbonyl (C=O) groups excluding carboxylic acids is 1. The molecule has 0 aromatic carbocycles. The maximum atomic E-state index is 12.7. The highest BCUT2D eigenvalue weighted by Crippen LogP contribution is 2.33. The van der Waals surface area contributed by atoms with Gasteiger partial charge in [-0.3, -0.25) is 18.7 Å². The number of hydrogen-bond acceptors (Lipinski definition) is 5. The topological polar surface area (TPSA) is 84.5 Å². The Morgan fingerprint density at radius 2 is 1.92 bits per heavy atom. The van der Waals surface area contributed by atoms with Crippen LogP contribution in [0.1, 0.15) is 34.3 Å². The summed E-state index contributed by atoms with van der Waals surface area (Å²) in [6.07, 6.45) is 0.860. The Labute approximate surface area is 148 Å². The van der Waals surface area contributed by atoms with Gasteiger partial charge in [0.2, 0.25) is 0 Å². The van der Waals surface area contributed by atoms with Crippen LogP contribution in [0.5, 0.6) is 0 Å². The van der Waals surface area contributed by atoms with E-state index in [9.17, 15) is 19.5 Å². The normalized spacial score (nSPS) is 16.8. The van der Waals surface area contributed by atoms with E-state index >= 15 is 0 Å². The lowest BCUT2D eigenvalue weighted by Crippen LogP contribution is -2.45. The summed E-state index contributed by atoms with van der Waals surface area (Å²) in [7, 11) is 2.87. The number of nitrogens with zero attached hydrogens (tertiary/aromatic N) is 3. The van der Waals surface area contributed by atoms with Crippen LogP contribution in [0, 0.1) is 5.92 Å². The van der Waals surface area contributed by atoms with Crippen molar-refractivity contribution in [3.8, 4) is 0 Å². The Bertz CT molecular complexity index is 876. The number of hydrogen-bond donors (Lipinski definition) is 1. The monoisotopic (exact) mass is 363 g/mol. The molecule has 0 spiro atoms. The lowest BCUT2D eigenvalue weighted by molar-refractivity contribution is 0.0466. The van der Waals surface area contributed by atoms with Gasteiger partial charge in [0, 0.05) is 38.1 Å². The first-order valence-corrected chi connectivity index (χ1v) is 9.06. The number of piperidine rings is 1. The van der Waals surface area contributed by atoms with E-state index in [-0.39, 0.29) is 17.5 Å². The first kappa shape index (κ1) is 17.6. The van der Waals surface area contributed by atoms with Gasteiger partial charge < -0.3 is 10.0 Å². The number of aliphatic hydroxyl groups excluding tert-OH is 1. The zero-order valence-corrected chi connectivity index (χ0v) is 15.0. The first-order valence-electron chi connectivity index (χ1n) is 8.18. The van der Waals surface area contributed by atoms with Crippen molar-refractivity contribution in [1.82, 2.24) is 14.0 Å². The van der Waals surface area contributed by atoms with Crippen LogP contribution in [-0.4, -0.2) is 38.1 Å².